The Kier molecular flexibility index (Phi) is 7.44. The van der Waals surface area contributed by atoms with E-state index in [9.17, 15) is 14.4 Å². The maximum absolute atomic E-state index is 12.4. The number of amides is 2. The molecule has 0 aliphatic heterocycles. The van der Waals surface area contributed by atoms with E-state index in [-0.39, 0.29) is 31.4 Å². The van der Waals surface area contributed by atoms with E-state index in [0.717, 1.165) is 25.7 Å². The minimum Gasteiger partial charge on any atom is -0.456 e. The van der Waals surface area contributed by atoms with E-state index >= 15 is 0 Å². The lowest BCUT2D eigenvalue weighted by molar-refractivity contribution is -0.149. The van der Waals surface area contributed by atoms with E-state index in [1.54, 1.807) is 24.3 Å². The van der Waals surface area contributed by atoms with Crippen molar-refractivity contribution in [3.8, 4) is 0 Å². The van der Waals surface area contributed by atoms with Crippen LogP contribution in [0.3, 0.4) is 0 Å². The second-order valence-electron chi connectivity index (χ2n) is 6.47. The van der Waals surface area contributed by atoms with Crippen LogP contribution in [0.4, 0.5) is 5.69 Å². The predicted molar refractivity (Wildman–Crippen MR) is 94.8 cm³/mol. The number of ether oxygens (including phenoxy) is 1. The number of nitrogens with zero attached hydrogens (tertiary/aromatic N) is 1. The molecule has 6 nitrogen and oxygen atoms in total. The van der Waals surface area contributed by atoms with Crippen molar-refractivity contribution in [3.05, 3.63) is 30.3 Å². The summed E-state index contributed by atoms with van der Waals surface area (Å²) in [6.07, 6.45) is 6.08. The molecule has 0 spiro atoms. The Bertz CT molecular complexity index is 582. The molecule has 0 atom stereocenters. The van der Waals surface area contributed by atoms with Crippen molar-refractivity contribution < 1.29 is 19.1 Å². The zero-order valence-electron chi connectivity index (χ0n) is 14.5. The molecule has 1 aliphatic carbocycles. The molecule has 6 heteroatoms. The van der Waals surface area contributed by atoms with Gasteiger partial charge in [0, 0.05) is 25.1 Å². The summed E-state index contributed by atoms with van der Waals surface area (Å²) < 4.78 is 5.17. The van der Waals surface area contributed by atoms with E-state index in [1.165, 1.54) is 11.3 Å². The number of benzene rings is 1. The number of rotatable bonds is 8. The molecule has 1 saturated carbocycles. The van der Waals surface area contributed by atoms with Crippen LogP contribution in [0.15, 0.2) is 30.3 Å². The first-order chi connectivity index (χ1) is 12.1. The largest absolute Gasteiger partial charge is 0.456 e. The van der Waals surface area contributed by atoms with Crippen LogP contribution < -0.4 is 10.6 Å². The van der Waals surface area contributed by atoms with Crippen LogP contribution in [0.5, 0.6) is 0 Å². The zero-order valence-corrected chi connectivity index (χ0v) is 14.5. The Morgan fingerprint density at radius 3 is 2.40 bits per heavy atom. The SMILES string of the molecule is NC(=O)CCN(C(=O)COC(=O)CC1CCCCC1)c1ccccc1. The Morgan fingerprint density at radius 2 is 1.76 bits per heavy atom. The molecule has 1 aliphatic rings. The average molecular weight is 346 g/mol. The van der Waals surface area contributed by atoms with Crippen molar-refractivity contribution in [2.24, 2.45) is 11.7 Å². The fourth-order valence-corrected chi connectivity index (χ4v) is 3.13. The van der Waals surface area contributed by atoms with Crippen LogP contribution in [0.1, 0.15) is 44.9 Å². The average Bonchev–Trinajstić information content (AvgIpc) is 2.61. The summed E-state index contributed by atoms with van der Waals surface area (Å²) in [7, 11) is 0. The smallest absolute Gasteiger partial charge is 0.306 e. The molecular formula is C19H26N2O4. The highest BCUT2D eigenvalue weighted by atomic mass is 16.5. The van der Waals surface area contributed by atoms with Gasteiger partial charge in [0.25, 0.3) is 5.91 Å². The van der Waals surface area contributed by atoms with Crippen molar-refractivity contribution in [2.75, 3.05) is 18.1 Å². The minimum atomic E-state index is -0.483. The van der Waals surface area contributed by atoms with Crippen LogP contribution in [0.25, 0.3) is 0 Å². The van der Waals surface area contributed by atoms with Crippen molar-refractivity contribution in [2.45, 2.75) is 44.9 Å². The zero-order chi connectivity index (χ0) is 18.1. The van der Waals surface area contributed by atoms with Gasteiger partial charge in [0.15, 0.2) is 6.61 Å². The van der Waals surface area contributed by atoms with Gasteiger partial charge in [0.05, 0.1) is 0 Å². The fourth-order valence-electron chi connectivity index (χ4n) is 3.13. The van der Waals surface area contributed by atoms with Gasteiger partial charge in [-0.15, -0.1) is 0 Å². The summed E-state index contributed by atoms with van der Waals surface area (Å²) in [6.45, 7) is -0.155. The van der Waals surface area contributed by atoms with Gasteiger partial charge < -0.3 is 15.4 Å². The lowest BCUT2D eigenvalue weighted by Crippen LogP contribution is -2.37. The summed E-state index contributed by atoms with van der Waals surface area (Å²) >= 11 is 0. The van der Waals surface area contributed by atoms with E-state index in [0.29, 0.717) is 18.0 Å². The maximum atomic E-state index is 12.4. The highest BCUT2D eigenvalue weighted by Gasteiger charge is 2.21. The van der Waals surface area contributed by atoms with Crippen molar-refractivity contribution in [3.63, 3.8) is 0 Å². The first kappa shape index (κ1) is 19.0. The second kappa shape index (κ2) is 9.81. The summed E-state index contributed by atoms with van der Waals surface area (Å²) in [6, 6.07) is 8.97. The van der Waals surface area contributed by atoms with Crippen molar-refractivity contribution in [1.29, 1.82) is 0 Å². The highest BCUT2D eigenvalue weighted by molar-refractivity contribution is 5.95. The third kappa shape index (κ3) is 6.57. The molecule has 2 N–H and O–H groups in total. The minimum absolute atomic E-state index is 0.0522. The number of para-hydroxylation sites is 1. The maximum Gasteiger partial charge on any atom is 0.306 e. The number of carbonyl (C=O) groups is 3. The Labute approximate surface area is 148 Å². The molecule has 1 aromatic rings. The lowest BCUT2D eigenvalue weighted by Gasteiger charge is -2.23. The van der Waals surface area contributed by atoms with E-state index in [4.69, 9.17) is 10.5 Å². The van der Waals surface area contributed by atoms with Gasteiger partial charge in [0.2, 0.25) is 5.91 Å². The fraction of sp³-hybridized carbons (Fsp3) is 0.526. The number of nitrogens with two attached hydrogens (primary N) is 1. The van der Waals surface area contributed by atoms with Gasteiger partial charge in [-0.1, -0.05) is 37.5 Å². The second-order valence-corrected chi connectivity index (χ2v) is 6.47. The number of primary amides is 1. The normalized spacial score (nSPS) is 14.7. The Hall–Kier alpha value is -2.37. The molecule has 1 fully saturated rings. The van der Waals surface area contributed by atoms with Crippen molar-refractivity contribution in [1.82, 2.24) is 0 Å². The van der Waals surface area contributed by atoms with Crippen LogP contribution in [-0.2, 0) is 19.1 Å². The summed E-state index contributed by atoms with van der Waals surface area (Å²) in [4.78, 5) is 36.9. The first-order valence-corrected chi connectivity index (χ1v) is 8.85. The van der Waals surface area contributed by atoms with Gasteiger partial charge in [-0.25, -0.2) is 0 Å². The molecule has 0 heterocycles. The summed E-state index contributed by atoms with van der Waals surface area (Å²) in [5, 5.41) is 0. The third-order valence-electron chi connectivity index (χ3n) is 4.49. The molecule has 1 aromatic carbocycles. The molecule has 2 rings (SSSR count). The van der Waals surface area contributed by atoms with Gasteiger partial charge in [-0.2, -0.15) is 0 Å². The van der Waals surface area contributed by atoms with E-state index < -0.39 is 5.91 Å². The highest BCUT2D eigenvalue weighted by Crippen LogP contribution is 2.26. The monoisotopic (exact) mass is 346 g/mol. The Balaban J connectivity index is 1.87. The molecule has 0 bridgehead atoms. The van der Waals surface area contributed by atoms with Crippen LogP contribution in [0.2, 0.25) is 0 Å². The molecule has 0 radical (unpaired) electrons. The molecule has 25 heavy (non-hydrogen) atoms. The number of hydrogen-bond acceptors (Lipinski definition) is 4. The number of hydrogen-bond donors (Lipinski definition) is 1. The van der Waals surface area contributed by atoms with Crippen LogP contribution >= 0.6 is 0 Å². The molecular weight excluding hydrogens is 320 g/mol. The molecule has 0 saturated heterocycles. The molecule has 136 valence electrons. The van der Waals surface area contributed by atoms with E-state index in [2.05, 4.69) is 0 Å². The van der Waals surface area contributed by atoms with Gasteiger partial charge in [-0.3, -0.25) is 14.4 Å². The van der Waals surface area contributed by atoms with Crippen molar-refractivity contribution >= 4 is 23.5 Å². The summed E-state index contributed by atoms with van der Waals surface area (Å²) in [5.41, 5.74) is 5.83. The number of anilines is 1. The molecule has 0 aromatic heterocycles. The van der Waals surface area contributed by atoms with Gasteiger partial charge in [0.1, 0.15) is 0 Å². The Morgan fingerprint density at radius 1 is 1.08 bits per heavy atom. The predicted octanol–water partition coefficient (Wildman–Crippen LogP) is 2.41. The van der Waals surface area contributed by atoms with E-state index in [1.807, 2.05) is 6.07 Å². The number of esters is 1. The lowest BCUT2D eigenvalue weighted by atomic mass is 9.87. The third-order valence-corrected chi connectivity index (χ3v) is 4.49. The van der Waals surface area contributed by atoms with Crippen LogP contribution in [-0.4, -0.2) is 30.9 Å². The van der Waals surface area contributed by atoms with Crippen LogP contribution in [0, 0.1) is 5.92 Å². The topological polar surface area (TPSA) is 89.7 Å². The molecule has 0 unspecified atom stereocenters. The quantitative estimate of drug-likeness (QED) is 0.732. The van der Waals surface area contributed by atoms with Gasteiger partial charge in [-0.05, 0) is 30.9 Å². The number of carbonyl (C=O) groups excluding carboxylic acids is 3. The summed E-state index contributed by atoms with van der Waals surface area (Å²) in [5.74, 6) is -0.799. The molecule has 2 amide bonds. The standard InChI is InChI=1S/C19H26N2O4/c20-17(22)11-12-21(16-9-5-2-6-10-16)18(23)14-25-19(24)13-15-7-3-1-4-8-15/h2,5-6,9-10,15H,1,3-4,7-8,11-14H2,(H2,20,22). The van der Waals surface area contributed by atoms with Gasteiger partial charge >= 0.3 is 5.97 Å². The first-order valence-electron chi connectivity index (χ1n) is 8.85.